The Morgan fingerprint density at radius 1 is 1.00 bits per heavy atom. The summed E-state index contributed by atoms with van der Waals surface area (Å²) in [4.78, 5) is 11.8. The van der Waals surface area contributed by atoms with E-state index in [4.69, 9.17) is 4.74 Å². The molecule has 1 heterocycles. The first kappa shape index (κ1) is 24.8. The molecule has 0 saturated carbocycles. The molecular formula is C23H32O6. The number of ether oxygens (including phenoxy) is 1. The van der Waals surface area contributed by atoms with E-state index in [0.717, 1.165) is 5.57 Å². The van der Waals surface area contributed by atoms with Crippen LogP contribution in [0.4, 0.5) is 0 Å². The first-order chi connectivity index (χ1) is 13.6. The molecule has 0 amide bonds. The molecule has 0 aromatic carbocycles. The third-order valence-corrected chi connectivity index (χ3v) is 4.57. The Kier molecular flexibility index (Phi) is 10.5. The number of aliphatic hydroxyl groups is 4. The van der Waals surface area contributed by atoms with E-state index in [1.165, 1.54) is 12.2 Å². The van der Waals surface area contributed by atoms with E-state index in [1.54, 1.807) is 25.2 Å². The number of hydrogen-bond acceptors (Lipinski definition) is 6. The fraction of sp³-hybridized carbons (Fsp3) is 0.435. The van der Waals surface area contributed by atoms with Gasteiger partial charge in [-0.15, -0.1) is 0 Å². The molecule has 0 radical (unpaired) electrons. The van der Waals surface area contributed by atoms with Crippen molar-refractivity contribution in [3.05, 3.63) is 72.4 Å². The quantitative estimate of drug-likeness (QED) is 0.364. The van der Waals surface area contributed by atoms with Crippen LogP contribution >= 0.6 is 0 Å². The topological polar surface area (TPSA) is 107 Å². The lowest BCUT2D eigenvalue weighted by molar-refractivity contribution is -0.137. The van der Waals surface area contributed by atoms with Gasteiger partial charge in [-0.1, -0.05) is 49.6 Å². The summed E-state index contributed by atoms with van der Waals surface area (Å²) in [5, 5.41) is 40.9. The van der Waals surface area contributed by atoms with E-state index in [1.807, 2.05) is 0 Å². The number of cyclic esters (lactones) is 1. The molecule has 6 nitrogen and oxygen atoms in total. The van der Waals surface area contributed by atoms with Crippen LogP contribution in [-0.2, 0) is 9.53 Å². The highest BCUT2D eigenvalue weighted by Crippen LogP contribution is 2.20. The van der Waals surface area contributed by atoms with Gasteiger partial charge >= 0.3 is 5.97 Å². The van der Waals surface area contributed by atoms with E-state index in [9.17, 15) is 25.2 Å². The van der Waals surface area contributed by atoms with Gasteiger partial charge in [0.2, 0.25) is 0 Å². The maximum Gasteiger partial charge on any atom is 0.331 e. The van der Waals surface area contributed by atoms with Gasteiger partial charge in [0.1, 0.15) is 24.4 Å². The van der Waals surface area contributed by atoms with Crippen LogP contribution in [0.1, 0.15) is 32.6 Å². The van der Waals surface area contributed by atoms with E-state index >= 15 is 0 Å². The summed E-state index contributed by atoms with van der Waals surface area (Å²) in [6, 6.07) is 0. The number of rotatable bonds is 0. The van der Waals surface area contributed by atoms with E-state index in [2.05, 4.69) is 19.7 Å². The number of allylic oxidation sites excluding steroid dienone is 5. The molecule has 1 rings (SSSR count). The summed E-state index contributed by atoms with van der Waals surface area (Å²) in [7, 11) is 0. The van der Waals surface area contributed by atoms with Crippen LogP contribution in [-0.4, -0.2) is 57.4 Å². The van der Waals surface area contributed by atoms with Gasteiger partial charge in [-0.05, 0) is 49.3 Å². The Labute approximate surface area is 172 Å². The molecule has 0 aliphatic carbocycles. The average Bonchev–Trinajstić information content (AvgIpc) is 2.67. The minimum absolute atomic E-state index is 0.105. The number of carbonyl (C=O) groups excluding carboxylic acids is 1. The molecule has 0 fully saturated rings. The molecule has 29 heavy (non-hydrogen) atoms. The second kappa shape index (κ2) is 12.3. The Balaban J connectivity index is 2.96. The lowest BCUT2D eigenvalue weighted by Gasteiger charge is -2.26. The summed E-state index contributed by atoms with van der Waals surface area (Å²) in [6.45, 7) is 13.3. The van der Waals surface area contributed by atoms with Crippen molar-refractivity contribution in [1.82, 2.24) is 0 Å². The van der Waals surface area contributed by atoms with Crippen molar-refractivity contribution >= 4 is 5.97 Å². The molecule has 0 aromatic rings. The van der Waals surface area contributed by atoms with Gasteiger partial charge in [-0.25, -0.2) is 4.79 Å². The molecule has 160 valence electrons. The van der Waals surface area contributed by atoms with Gasteiger partial charge in [0.15, 0.2) is 0 Å². The first-order valence-electron chi connectivity index (χ1n) is 9.57. The van der Waals surface area contributed by atoms with Crippen LogP contribution in [0, 0.1) is 0 Å². The second-order valence-corrected chi connectivity index (χ2v) is 7.21. The Morgan fingerprint density at radius 2 is 1.69 bits per heavy atom. The predicted octanol–water partition coefficient (Wildman–Crippen LogP) is 2.27. The first-order valence-corrected chi connectivity index (χ1v) is 9.57. The van der Waals surface area contributed by atoms with Gasteiger partial charge in [0.05, 0.1) is 6.61 Å². The average molecular weight is 405 g/mol. The van der Waals surface area contributed by atoms with Crippen molar-refractivity contribution in [1.29, 1.82) is 0 Å². The maximum absolute atomic E-state index is 11.8. The van der Waals surface area contributed by atoms with Crippen molar-refractivity contribution in [2.45, 2.75) is 57.0 Å². The van der Waals surface area contributed by atoms with Crippen molar-refractivity contribution < 1.29 is 30.0 Å². The fourth-order valence-corrected chi connectivity index (χ4v) is 2.69. The highest BCUT2D eigenvalue weighted by molar-refractivity contribution is 5.83. The lowest BCUT2D eigenvalue weighted by atomic mass is 9.92. The Bertz CT molecular complexity index is 700. The zero-order chi connectivity index (χ0) is 22.0. The van der Waals surface area contributed by atoms with Gasteiger partial charge in [0, 0.05) is 6.08 Å². The van der Waals surface area contributed by atoms with Gasteiger partial charge in [-0.2, -0.15) is 0 Å². The monoisotopic (exact) mass is 404 g/mol. The number of esters is 1. The number of carbonyl (C=O) groups is 1. The SMILES string of the molecule is C=C1C/C=C/[C@@H](O)[C@H](O)C(=C)[C@@H](O)[C@H](O)C(=C)C/C=C/C(C)=C/C(=O)OCCC1. The second-order valence-electron chi connectivity index (χ2n) is 7.21. The van der Waals surface area contributed by atoms with Gasteiger partial charge in [0.25, 0.3) is 0 Å². The molecule has 4 N–H and O–H groups in total. The van der Waals surface area contributed by atoms with Gasteiger partial charge in [-0.3, -0.25) is 0 Å². The number of aliphatic hydroxyl groups excluding tert-OH is 4. The summed E-state index contributed by atoms with van der Waals surface area (Å²) in [5.74, 6) is -0.435. The van der Waals surface area contributed by atoms with Crippen molar-refractivity contribution in [3.8, 4) is 0 Å². The van der Waals surface area contributed by atoms with Crippen LogP contribution in [0.3, 0.4) is 0 Å². The molecule has 1 aliphatic rings. The van der Waals surface area contributed by atoms with Crippen LogP contribution in [0.5, 0.6) is 0 Å². The van der Waals surface area contributed by atoms with Crippen molar-refractivity contribution in [2.75, 3.05) is 6.61 Å². The summed E-state index contributed by atoms with van der Waals surface area (Å²) in [5.41, 5.74) is 1.75. The largest absolute Gasteiger partial charge is 0.463 e. The van der Waals surface area contributed by atoms with E-state index in [-0.39, 0.29) is 18.6 Å². The van der Waals surface area contributed by atoms with Gasteiger partial charge < -0.3 is 25.2 Å². The summed E-state index contributed by atoms with van der Waals surface area (Å²) in [6.07, 6.45) is 4.23. The minimum Gasteiger partial charge on any atom is -0.463 e. The molecule has 0 bridgehead atoms. The van der Waals surface area contributed by atoms with Crippen LogP contribution < -0.4 is 0 Å². The van der Waals surface area contributed by atoms with Crippen molar-refractivity contribution in [3.63, 3.8) is 0 Å². The molecule has 0 saturated heterocycles. The highest BCUT2D eigenvalue weighted by atomic mass is 16.5. The van der Waals surface area contributed by atoms with E-state index < -0.39 is 30.4 Å². The van der Waals surface area contributed by atoms with Crippen LogP contribution in [0.2, 0.25) is 0 Å². The lowest BCUT2D eigenvalue weighted by Crippen LogP contribution is -2.37. The van der Waals surface area contributed by atoms with Crippen molar-refractivity contribution in [2.24, 2.45) is 0 Å². The summed E-state index contributed by atoms with van der Waals surface area (Å²) < 4.78 is 5.16. The molecule has 0 aromatic heterocycles. The summed E-state index contributed by atoms with van der Waals surface area (Å²) >= 11 is 0. The standard InChI is InChI=1S/C23H32O6/c1-15-8-6-12-19(24)22(27)18(4)23(28)21(26)17(3)11-5-9-16(2)14-20(25)29-13-7-10-15/h5-6,9,12,14,19,21-24,26-28H,1,3-4,7-8,10-11,13H2,2H3/b9-5+,12-6+,16-14+/t19-,21-,22-,23-/m1/s1. The molecule has 1 aliphatic heterocycles. The molecule has 0 unspecified atom stereocenters. The van der Waals surface area contributed by atoms with Crippen LogP contribution in [0.25, 0.3) is 0 Å². The zero-order valence-corrected chi connectivity index (χ0v) is 17.0. The molecule has 0 spiro atoms. The smallest absolute Gasteiger partial charge is 0.331 e. The predicted molar refractivity (Wildman–Crippen MR) is 113 cm³/mol. The molecule has 4 atom stereocenters. The Hall–Kier alpha value is -2.25. The fourth-order valence-electron chi connectivity index (χ4n) is 2.69. The van der Waals surface area contributed by atoms with Crippen LogP contribution in [0.15, 0.2) is 72.4 Å². The highest BCUT2D eigenvalue weighted by Gasteiger charge is 2.28. The minimum atomic E-state index is -1.49. The van der Waals surface area contributed by atoms with E-state index in [0.29, 0.717) is 30.4 Å². The molecule has 6 heteroatoms. The molecular weight excluding hydrogens is 372 g/mol. The zero-order valence-electron chi connectivity index (χ0n) is 17.0. The maximum atomic E-state index is 11.8. The third-order valence-electron chi connectivity index (χ3n) is 4.57. The normalized spacial score (nSPS) is 33.3. The Morgan fingerprint density at radius 3 is 2.38 bits per heavy atom. The third kappa shape index (κ3) is 8.75. The number of hydrogen-bond donors (Lipinski definition) is 4.